The highest BCUT2D eigenvalue weighted by Gasteiger charge is 2.15. The van der Waals surface area contributed by atoms with Crippen molar-refractivity contribution in [2.24, 2.45) is 0 Å². The zero-order valence-electron chi connectivity index (χ0n) is 32.0. The quantitative estimate of drug-likeness (QED) is 0.177. The first-order valence-corrected chi connectivity index (χ1v) is 15.5. The first kappa shape index (κ1) is 64.5. The largest absolute Gasteiger partial charge is 0.367 e. The average molecular weight is 627 g/mol. The van der Waals surface area contributed by atoms with Crippen molar-refractivity contribution in [1.29, 1.82) is 0 Å². The number of hydrogen-bond acceptors (Lipinski definition) is 12. The summed E-state index contributed by atoms with van der Waals surface area (Å²) in [6, 6.07) is 0. The fourth-order valence-electron chi connectivity index (χ4n) is 1.84. The summed E-state index contributed by atoms with van der Waals surface area (Å²) >= 11 is 0. The minimum Gasteiger partial charge on any atom is -0.367 e. The molecule has 0 aromatic rings. The van der Waals surface area contributed by atoms with E-state index in [2.05, 4.69) is 0 Å². The molecule has 0 aromatic heterocycles. The number of aliphatic hydroxyl groups is 6. The van der Waals surface area contributed by atoms with Gasteiger partial charge in [-0.2, -0.15) is 0 Å². The first-order chi connectivity index (χ1) is 19.6. The molecule has 12 nitrogen and oxygen atoms in total. The molecular formula is C30H82N4O8. The zero-order valence-corrected chi connectivity index (χ0v) is 32.0. The topological polar surface area (TPSA) is 153 Å². The van der Waals surface area contributed by atoms with Gasteiger partial charge < -0.3 is 59.7 Å². The fraction of sp³-hybridized carbons (Fsp3) is 1.00. The van der Waals surface area contributed by atoms with Crippen LogP contribution in [0.2, 0.25) is 0 Å². The lowest BCUT2D eigenvalue weighted by Gasteiger charge is -2.24. The summed E-state index contributed by atoms with van der Waals surface area (Å²) in [6.07, 6.45) is -4.89. The Bertz CT molecular complexity index is 324. The molecule has 0 aliphatic rings. The summed E-state index contributed by atoms with van der Waals surface area (Å²) < 4.78 is 10.3. The van der Waals surface area contributed by atoms with Crippen LogP contribution in [0.4, 0.5) is 0 Å². The van der Waals surface area contributed by atoms with E-state index in [1.54, 1.807) is 54.7 Å². The lowest BCUT2D eigenvalue weighted by molar-refractivity contribution is -0.271. The van der Waals surface area contributed by atoms with E-state index < -0.39 is 31.5 Å². The SMILES string of the molecule is CC.CC.CC.CC.CC.CC.CC(OC(O)CN(C)C)OC(O)CN(C)C.CN(C)CC(O)O.CN(C)CC(O)O. The van der Waals surface area contributed by atoms with Crippen LogP contribution < -0.4 is 0 Å². The first-order valence-electron chi connectivity index (χ1n) is 15.5. The second-order valence-electron chi connectivity index (χ2n) is 7.76. The lowest BCUT2D eigenvalue weighted by Crippen LogP contribution is -2.36. The van der Waals surface area contributed by atoms with Crippen LogP contribution in [0.15, 0.2) is 0 Å². The molecule has 0 fully saturated rings. The molecule has 0 radical (unpaired) electrons. The zero-order chi connectivity index (χ0) is 36.4. The van der Waals surface area contributed by atoms with E-state index in [0.717, 1.165) is 0 Å². The normalized spacial score (nSPS) is 11.4. The highest BCUT2D eigenvalue weighted by molar-refractivity contribution is 4.50. The van der Waals surface area contributed by atoms with Crippen LogP contribution >= 0.6 is 0 Å². The van der Waals surface area contributed by atoms with Gasteiger partial charge in [0, 0.05) is 26.2 Å². The van der Waals surface area contributed by atoms with E-state index in [1.165, 1.54) is 0 Å². The van der Waals surface area contributed by atoms with Crippen molar-refractivity contribution in [3.63, 3.8) is 0 Å². The third kappa shape index (κ3) is 106. The number of aliphatic hydroxyl groups excluding tert-OH is 4. The Hall–Kier alpha value is -0.480. The van der Waals surface area contributed by atoms with Crippen LogP contribution in [0.3, 0.4) is 0 Å². The van der Waals surface area contributed by atoms with Crippen molar-refractivity contribution < 1.29 is 40.1 Å². The van der Waals surface area contributed by atoms with E-state index in [1.807, 2.05) is 111 Å². The second kappa shape index (κ2) is 59.8. The Morgan fingerprint density at radius 2 is 0.548 bits per heavy atom. The third-order valence-corrected chi connectivity index (χ3v) is 2.80. The summed E-state index contributed by atoms with van der Waals surface area (Å²) in [5.74, 6) is 0. The molecular weight excluding hydrogens is 544 g/mol. The molecule has 0 aliphatic carbocycles. The molecule has 12 heteroatoms. The summed E-state index contributed by atoms with van der Waals surface area (Å²) in [5.41, 5.74) is 0. The van der Waals surface area contributed by atoms with Crippen molar-refractivity contribution in [3.8, 4) is 0 Å². The molecule has 0 saturated heterocycles. The Labute approximate surface area is 263 Å². The third-order valence-electron chi connectivity index (χ3n) is 2.80. The molecule has 0 heterocycles. The van der Waals surface area contributed by atoms with Crippen LogP contribution in [0.1, 0.15) is 90.0 Å². The van der Waals surface area contributed by atoms with Gasteiger partial charge in [0.05, 0.1) is 0 Å². The van der Waals surface area contributed by atoms with Gasteiger partial charge in [-0.1, -0.05) is 83.1 Å². The molecule has 0 saturated carbocycles. The van der Waals surface area contributed by atoms with Crippen molar-refractivity contribution in [1.82, 2.24) is 19.6 Å². The Balaban J connectivity index is -0.0000000504. The number of rotatable bonds is 12. The van der Waals surface area contributed by atoms with Gasteiger partial charge in [0.25, 0.3) is 0 Å². The number of hydrogen-bond donors (Lipinski definition) is 6. The van der Waals surface area contributed by atoms with Gasteiger partial charge in [-0.3, -0.25) is 0 Å². The molecule has 0 aromatic carbocycles. The van der Waals surface area contributed by atoms with Crippen molar-refractivity contribution in [2.75, 3.05) is 82.6 Å². The summed E-state index contributed by atoms with van der Waals surface area (Å²) in [5, 5.41) is 51.8. The van der Waals surface area contributed by atoms with Crippen LogP contribution in [0.5, 0.6) is 0 Å². The molecule has 2 atom stereocenters. The Kier molecular flexibility index (Phi) is 91.8. The molecule has 42 heavy (non-hydrogen) atoms. The van der Waals surface area contributed by atoms with Gasteiger partial charge in [0.15, 0.2) is 31.5 Å². The van der Waals surface area contributed by atoms with Crippen molar-refractivity contribution in [2.45, 2.75) is 121 Å². The van der Waals surface area contributed by atoms with E-state index in [0.29, 0.717) is 26.2 Å². The second-order valence-corrected chi connectivity index (χ2v) is 7.76. The molecule has 0 bridgehead atoms. The van der Waals surface area contributed by atoms with E-state index in [4.69, 9.17) is 29.9 Å². The summed E-state index contributed by atoms with van der Waals surface area (Å²) in [6.45, 7) is 27.0. The summed E-state index contributed by atoms with van der Waals surface area (Å²) in [4.78, 5) is 7.00. The monoisotopic (exact) mass is 627 g/mol. The van der Waals surface area contributed by atoms with Gasteiger partial charge in [-0.15, -0.1) is 0 Å². The average Bonchev–Trinajstić information content (AvgIpc) is 2.89. The summed E-state index contributed by atoms with van der Waals surface area (Å²) in [7, 11) is 14.4. The molecule has 0 amide bonds. The molecule has 270 valence electrons. The van der Waals surface area contributed by atoms with E-state index >= 15 is 0 Å². The lowest BCUT2D eigenvalue weighted by atomic mass is 10.5. The molecule has 0 rings (SSSR count). The van der Waals surface area contributed by atoms with Gasteiger partial charge in [-0.05, 0) is 63.3 Å². The van der Waals surface area contributed by atoms with Crippen LogP contribution in [-0.4, -0.2) is 164 Å². The van der Waals surface area contributed by atoms with Crippen LogP contribution in [0, 0.1) is 0 Å². The minimum atomic E-state index is -1.20. The number of nitrogens with zero attached hydrogens (tertiary/aromatic N) is 4. The maximum absolute atomic E-state index is 9.45. The highest BCUT2D eigenvalue weighted by atomic mass is 16.8. The predicted octanol–water partition coefficient (Wildman–Crippen LogP) is 3.00. The number of likely N-dealkylation sites (N-methyl/N-ethyl adjacent to an activating group) is 4. The molecule has 2 unspecified atom stereocenters. The Morgan fingerprint density at radius 3 is 0.643 bits per heavy atom. The highest BCUT2D eigenvalue weighted by Crippen LogP contribution is 2.02. The van der Waals surface area contributed by atoms with Gasteiger partial charge in [-0.25, -0.2) is 0 Å². The fourth-order valence-corrected chi connectivity index (χ4v) is 1.84. The molecule has 6 N–H and O–H groups in total. The smallest absolute Gasteiger partial charge is 0.170 e. The van der Waals surface area contributed by atoms with Gasteiger partial charge in [0.2, 0.25) is 0 Å². The van der Waals surface area contributed by atoms with Gasteiger partial charge >= 0.3 is 0 Å². The number of ether oxygens (including phenoxy) is 2. The molecule has 0 aliphatic heterocycles. The van der Waals surface area contributed by atoms with Crippen molar-refractivity contribution in [3.05, 3.63) is 0 Å². The van der Waals surface area contributed by atoms with Crippen LogP contribution in [-0.2, 0) is 9.47 Å². The van der Waals surface area contributed by atoms with E-state index in [9.17, 15) is 10.2 Å². The predicted molar refractivity (Wildman–Crippen MR) is 182 cm³/mol. The standard InChI is InChI=1S/C10H24N2O4.2C4H11NO2.6C2H6/c1-8(15-9(13)6-11(2)3)16-10(14)7-12(4)5;2*1-5(2)3-4(6)7;6*1-2/h8-10,13-14H,6-7H2,1-5H3;2*4,6-7H,3H2,1-2H3;6*1-2H3. The maximum atomic E-state index is 9.45. The van der Waals surface area contributed by atoms with Gasteiger partial charge in [0.1, 0.15) is 0 Å². The van der Waals surface area contributed by atoms with Crippen molar-refractivity contribution >= 4 is 0 Å². The van der Waals surface area contributed by atoms with E-state index in [-0.39, 0.29) is 0 Å². The molecule has 0 spiro atoms. The van der Waals surface area contributed by atoms with Crippen LogP contribution in [0.25, 0.3) is 0 Å². The maximum Gasteiger partial charge on any atom is 0.170 e. The Morgan fingerprint density at radius 1 is 0.381 bits per heavy atom. The minimum absolute atomic E-state index is 0.306.